The highest BCUT2D eigenvalue weighted by Crippen LogP contribution is 2.23. The minimum absolute atomic E-state index is 0.300. The van der Waals surface area contributed by atoms with Gasteiger partial charge in [0, 0.05) is 18.7 Å². The van der Waals surface area contributed by atoms with Crippen molar-refractivity contribution >= 4 is 17.7 Å². The van der Waals surface area contributed by atoms with Gasteiger partial charge in [0.1, 0.15) is 0 Å². The van der Waals surface area contributed by atoms with Crippen molar-refractivity contribution in [1.29, 1.82) is 0 Å². The van der Waals surface area contributed by atoms with E-state index in [1.165, 1.54) is 4.90 Å². The molecule has 18 heavy (non-hydrogen) atoms. The van der Waals surface area contributed by atoms with Crippen LogP contribution < -0.4 is 4.90 Å². The van der Waals surface area contributed by atoms with Gasteiger partial charge in [0.15, 0.2) is 0 Å². The van der Waals surface area contributed by atoms with E-state index in [1.54, 1.807) is 0 Å². The van der Waals surface area contributed by atoms with E-state index >= 15 is 0 Å². The highest BCUT2D eigenvalue weighted by Gasteiger charge is 2.32. The van der Waals surface area contributed by atoms with Crippen LogP contribution in [-0.2, 0) is 9.53 Å². The zero-order valence-corrected chi connectivity index (χ0v) is 10.3. The molecule has 1 N–H and O–H groups in total. The molecule has 1 amide bonds. The van der Waals surface area contributed by atoms with Crippen molar-refractivity contribution in [1.82, 2.24) is 0 Å². The number of cyclic esters (lactones) is 1. The first-order valence-corrected chi connectivity index (χ1v) is 5.77. The van der Waals surface area contributed by atoms with E-state index in [0.717, 1.165) is 16.8 Å². The summed E-state index contributed by atoms with van der Waals surface area (Å²) in [5.74, 6) is -1.09. The summed E-state index contributed by atoms with van der Waals surface area (Å²) in [5.41, 5.74) is 2.97. The number of carbonyl (C=O) groups excluding carboxylic acids is 1. The number of amides is 1. The summed E-state index contributed by atoms with van der Waals surface area (Å²) < 4.78 is 4.87. The van der Waals surface area contributed by atoms with Crippen LogP contribution in [0.1, 0.15) is 17.5 Å². The van der Waals surface area contributed by atoms with Gasteiger partial charge in [0.25, 0.3) is 0 Å². The quantitative estimate of drug-likeness (QED) is 0.871. The van der Waals surface area contributed by atoms with E-state index in [2.05, 4.69) is 0 Å². The van der Waals surface area contributed by atoms with Gasteiger partial charge in [-0.3, -0.25) is 4.90 Å². The molecule has 1 aliphatic heterocycles. The summed E-state index contributed by atoms with van der Waals surface area (Å²) >= 11 is 0. The maximum absolute atomic E-state index is 11.7. The second-order valence-corrected chi connectivity index (χ2v) is 4.42. The van der Waals surface area contributed by atoms with Crippen LogP contribution in [0.3, 0.4) is 0 Å². The number of anilines is 1. The number of aryl methyl sites for hydroxylation is 2. The maximum Gasteiger partial charge on any atom is 0.415 e. The Balaban J connectivity index is 2.18. The van der Waals surface area contributed by atoms with Crippen molar-refractivity contribution < 1.29 is 19.4 Å². The molecule has 1 unspecified atom stereocenters. The Morgan fingerprint density at radius 2 is 2.11 bits per heavy atom. The predicted molar refractivity (Wildman–Crippen MR) is 65.8 cm³/mol. The average Bonchev–Trinajstić information content (AvgIpc) is 2.32. The van der Waals surface area contributed by atoms with Crippen molar-refractivity contribution in [3.63, 3.8) is 0 Å². The normalized spacial score (nSPS) is 19.6. The number of nitrogens with zero attached hydrogens (tertiary/aromatic N) is 1. The number of ether oxygens (including phenoxy) is 1. The molecule has 0 bridgehead atoms. The molecule has 0 aromatic heterocycles. The first-order chi connectivity index (χ1) is 8.49. The van der Waals surface area contributed by atoms with Gasteiger partial charge in [-0.15, -0.1) is 0 Å². The molecule has 5 heteroatoms. The molecule has 5 nitrogen and oxygen atoms in total. The number of rotatable bonds is 2. The SMILES string of the molecule is Cc1ccc(N2CCC(C(=O)O)OC2=O)cc1C. The Labute approximate surface area is 105 Å². The fourth-order valence-electron chi connectivity index (χ4n) is 1.88. The summed E-state index contributed by atoms with van der Waals surface area (Å²) in [4.78, 5) is 24.0. The first-order valence-electron chi connectivity index (χ1n) is 5.77. The second-order valence-electron chi connectivity index (χ2n) is 4.42. The summed E-state index contributed by atoms with van der Waals surface area (Å²) in [6, 6.07) is 5.67. The molecular weight excluding hydrogens is 234 g/mol. The lowest BCUT2D eigenvalue weighted by Crippen LogP contribution is -2.45. The van der Waals surface area contributed by atoms with Crippen LogP contribution >= 0.6 is 0 Å². The average molecular weight is 249 g/mol. The zero-order chi connectivity index (χ0) is 13.3. The molecule has 1 aromatic carbocycles. The summed E-state index contributed by atoms with van der Waals surface area (Å²) in [6.07, 6.45) is -1.33. The molecule has 1 fully saturated rings. The Morgan fingerprint density at radius 3 is 2.67 bits per heavy atom. The van der Waals surface area contributed by atoms with Crippen molar-refractivity contribution in [3.05, 3.63) is 29.3 Å². The Morgan fingerprint density at radius 1 is 1.39 bits per heavy atom. The Bertz CT molecular complexity index is 498. The van der Waals surface area contributed by atoms with Gasteiger partial charge >= 0.3 is 12.1 Å². The molecule has 2 rings (SSSR count). The summed E-state index contributed by atoms with van der Waals surface area (Å²) in [7, 11) is 0. The fraction of sp³-hybridized carbons (Fsp3) is 0.385. The monoisotopic (exact) mass is 249 g/mol. The van der Waals surface area contributed by atoms with E-state index in [0.29, 0.717) is 13.0 Å². The molecule has 1 saturated heterocycles. The number of aliphatic carboxylic acids is 1. The molecule has 1 aromatic rings. The van der Waals surface area contributed by atoms with Crippen LogP contribution in [0, 0.1) is 13.8 Å². The number of hydrogen-bond acceptors (Lipinski definition) is 3. The number of hydrogen-bond donors (Lipinski definition) is 1. The predicted octanol–water partition coefficient (Wildman–Crippen LogP) is 2.10. The maximum atomic E-state index is 11.7. The topological polar surface area (TPSA) is 66.8 Å². The van der Waals surface area contributed by atoms with Gasteiger partial charge in [-0.2, -0.15) is 0 Å². The van der Waals surface area contributed by atoms with Crippen molar-refractivity contribution in [2.75, 3.05) is 11.4 Å². The third kappa shape index (κ3) is 2.30. The second kappa shape index (κ2) is 4.68. The van der Waals surface area contributed by atoms with Crippen LogP contribution in [-0.4, -0.2) is 29.8 Å². The molecule has 0 radical (unpaired) electrons. The number of carbonyl (C=O) groups is 2. The van der Waals surface area contributed by atoms with E-state index in [1.807, 2.05) is 32.0 Å². The van der Waals surface area contributed by atoms with E-state index in [4.69, 9.17) is 9.84 Å². The zero-order valence-electron chi connectivity index (χ0n) is 10.3. The van der Waals surface area contributed by atoms with E-state index in [-0.39, 0.29) is 0 Å². The molecule has 1 heterocycles. The molecule has 0 spiro atoms. The lowest BCUT2D eigenvalue weighted by Gasteiger charge is -2.30. The molecular formula is C13H15NO4. The van der Waals surface area contributed by atoms with Crippen LogP contribution in [0.5, 0.6) is 0 Å². The molecule has 96 valence electrons. The summed E-state index contributed by atoms with van der Waals surface area (Å²) in [6.45, 7) is 4.32. The number of carboxylic acid groups (broad SMARTS) is 1. The Kier molecular flexibility index (Phi) is 3.23. The minimum atomic E-state index is -1.09. The van der Waals surface area contributed by atoms with Gasteiger partial charge in [-0.05, 0) is 37.1 Å². The van der Waals surface area contributed by atoms with Crippen LogP contribution in [0.15, 0.2) is 18.2 Å². The highest BCUT2D eigenvalue weighted by atomic mass is 16.6. The third-order valence-electron chi connectivity index (χ3n) is 3.16. The van der Waals surface area contributed by atoms with Crippen molar-refractivity contribution in [2.24, 2.45) is 0 Å². The third-order valence-corrected chi connectivity index (χ3v) is 3.16. The lowest BCUT2D eigenvalue weighted by molar-refractivity contribution is -0.147. The van der Waals surface area contributed by atoms with E-state index < -0.39 is 18.2 Å². The lowest BCUT2D eigenvalue weighted by atomic mass is 10.1. The van der Waals surface area contributed by atoms with Crippen molar-refractivity contribution in [3.8, 4) is 0 Å². The van der Waals surface area contributed by atoms with Gasteiger partial charge in [0.05, 0.1) is 0 Å². The Hall–Kier alpha value is -2.04. The standard InChI is InChI=1S/C13H15NO4/c1-8-3-4-10(7-9(8)2)14-6-5-11(12(15)16)18-13(14)17/h3-4,7,11H,5-6H2,1-2H3,(H,15,16). The van der Waals surface area contributed by atoms with Crippen LogP contribution in [0.4, 0.5) is 10.5 Å². The van der Waals surface area contributed by atoms with E-state index in [9.17, 15) is 9.59 Å². The van der Waals surface area contributed by atoms with Gasteiger partial charge in [0.2, 0.25) is 6.10 Å². The smallest absolute Gasteiger partial charge is 0.415 e. The van der Waals surface area contributed by atoms with Gasteiger partial charge in [-0.1, -0.05) is 6.07 Å². The van der Waals surface area contributed by atoms with Crippen molar-refractivity contribution in [2.45, 2.75) is 26.4 Å². The highest BCUT2D eigenvalue weighted by molar-refractivity contribution is 5.91. The minimum Gasteiger partial charge on any atom is -0.479 e. The number of benzene rings is 1. The van der Waals surface area contributed by atoms with Crippen LogP contribution in [0.25, 0.3) is 0 Å². The number of carboxylic acids is 1. The largest absolute Gasteiger partial charge is 0.479 e. The molecule has 1 atom stereocenters. The van der Waals surface area contributed by atoms with Gasteiger partial charge < -0.3 is 9.84 Å². The first kappa shape index (κ1) is 12.4. The molecule has 0 saturated carbocycles. The molecule has 0 aliphatic carbocycles. The van der Waals surface area contributed by atoms with Gasteiger partial charge in [-0.25, -0.2) is 9.59 Å². The fourth-order valence-corrected chi connectivity index (χ4v) is 1.88. The van der Waals surface area contributed by atoms with Crippen LogP contribution in [0.2, 0.25) is 0 Å². The summed E-state index contributed by atoms with van der Waals surface area (Å²) in [5, 5.41) is 8.80. The molecule has 1 aliphatic rings.